The number of nitrogens with zero attached hydrogens (tertiary/aromatic N) is 1. The van der Waals surface area contributed by atoms with Gasteiger partial charge in [-0.3, -0.25) is 4.90 Å². The van der Waals surface area contributed by atoms with Crippen LogP contribution in [0.25, 0.3) is 0 Å². The van der Waals surface area contributed by atoms with Crippen molar-refractivity contribution in [2.75, 3.05) is 19.6 Å². The lowest BCUT2D eigenvalue weighted by Crippen LogP contribution is -2.60. The van der Waals surface area contributed by atoms with E-state index in [0.29, 0.717) is 6.04 Å². The summed E-state index contributed by atoms with van der Waals surface area (Å²) in [6.07, 6.45) is 9.85. The van der Waals surface area contributed by atoms with Gasteiger partial charge in [-0.25, -0.2) is 0 Å². The monoisotopic (exact) mass is 252 g/mol. The predicted molar refractivity (Wildman–Crippen MR) is 81.8 cm³/mol. The summed E-state index contributed by atoms with van der Waals surface area (Å²) in [5.74, 6) is 2.86. The maximum absolute atomic E-state index is 5.58. The molecule has 0 fully saturated rings. The van der Waals surface area contributed by atoms with Crippen molar-refractivity contribution in [2.24, 2.45) is 0 Å². The van der Waals surface area contributed by atoms with E-state index >= 15 is 0 Å². The first-order valence-electron chi connectivity index (χ1n) is 7.58. The minimum absolute atomic E-state index is 0.199. The maximum Gasteiger partial charge on any atom is 0.0366 e. The minimum atomic E-state index is 0.199. The van der Waals surface area contributed by atoms with E-state index in [1.165, 1.54) is 0 Å². The summed E-state index contributed by atoms with van der Waals surface area (Å²) in [5.41, 5.74) is 0.199. The Balaban J connectivity index is 5.14. The van der Waals surface area contributed by atoms with Gasteiger partial charge in [0, 0.05) is 18.0 Å². The molecule has 0 aliphatic heterocycles. The number of likely N-dealkylation sites (N-methyl/N-ethyl adjacent to an activating group) is 1. The largest absolute Gasteiger partial charge is 0.311 e. The minimum Gasteiger partial charge on any atom is -0.311 e. The molecule has 0 aromatic carbocycles. The smallest absolute Gasteiger partial charge is 0.0366 e. The van der Waals surface area contributed by atoms with Crippen molar-refractivity contribution in [1.29, 1.82) is 0 Å². The molecule has 0 heterocycles. The zero-order valence-corrected chi connectivity index (χ0v) is 13.1. The van der Waals surface area contributed by atoms with E-state index in [0.717, 1.165) is 45.3 Å². The molecule has 1 atom stereocenters. The Morgan fingerprint density at radius 1 is 1.11 bits per heavy atom. The highest BCUT2D eigenvalue weighted by Crippen LogP contribution is 2.29. The topological polar surface area (TPSA) is 15.3 Å². The molecule has 0 aliphatic rings. The Morgan fingerprint density at radius 2 is 1.67 bits per heavy atom. The third kappa shape index (κ3) is 4.00. The number of hydrogen-bond acceptors (Lipinski definition) is 2. The molecular formula is C16H32N2. The Bertz CT molecular complexity index is 234. The van der Waals surface area contributed by atoms with Crippen LogP contribution in [0.3, 0.4) is 0 Å². The second-order valence-electron chi connectivity index (χ2n) is 4.90. The van der Waals surface area contributed by atoms with E-state index in [1.54, 1.807) is 0 Å². The number of hydrogen-bond donors (Lipinski definition) is 1. The highest BCUT2D eigenvalue weighted by atomic mass is 15.2. The molecule has 0 saturated carbocycles. The van der Waals surface area contributed by atoms with Crippen LogP contribution >= 0.6 is 0 Å². The zero-order valence-electron chi connectivity index (χ0n) is 13.1. The van der Waals surface area contributed by atoms with Gasteiger partial charge in [0.15, 0.2) is 0 Å². The van der Waals surface area contributed by atoms with Gasteiger partial charge in [0.25, 0.3) is 0 Å². The van der Waals surface area contributed by atoms with E-state index in [9.17, 15) is 0 Å². The first-order chi connectivity index (χ1) is 8.66. The van der Waals surface area contributed by atoms with Gasteiger partial charge in [-0.05, 0) is 38.9 Å². The van der Waals surface area contributed by atoms with Crippen LogP contribution in [0.1, 0.15) is 60.3 Å². The van der Waals surface area contributed by atoms with Crippen LogP contribution < -0.4 is 5.32 Å². The molecule has 2 heteroatoms. The molecule has 0 aromatic heterocycles. The van der Waals surface area contributed by atoms with Gasteiger partial charge < -0.3 is 5.32 Å². The number of nitrogens with one attached hydrogen (secondary N) is 1. The van der Waals surface area contributed by atoms with Crippen molar-refractivity contribution in [3.63, 3.8) is 0 Å². The van der Waals surface area contributed by atoms with Crippen molar-refractivity contribution in [3.05, 3.63) is 0 Å². The Labute approximate surface area is 115 Å². The van der Waals surface area contributed by atoms with E-state index < -0.39 is 0 Å². The van der Waals surface area contributed by atoms with Crippen molar-refractivity contribution in [3.8, 4) is 12.3 Å². The van der Waals surface area contributed by atoms with Gasteiger partial charge in [-0.1, -0.05) is 34.6 Å². The molecule has 1 unspecified atom stereocenters. The highest BCUT2D eigenvalue weighted by molar-refractivity contribution is 5.04. The molecule has 0 rings (SSSR count). The van der Waals surface area contributed by atoms with E-state index in [2.05, 4.69) is 50.8 Å². The van der Waals surface area contributed by atoms with Crippen LogP contribution in [-0.2, 0) is 0 Å². The van der Waals surface area contributed by atoms with Crippen LogP contribution in [-0.4, -0.2) is 36.1 Å². The maximum atomic E-state index is 5.58. The standard InChI is InChI=1S/C16H32N2/c1-7-13-15(17-14-8-2)16(9-3,10-4)18(11-5)12-6/h1,15,17H,8-14H2,2-6H3. The fourth-order valence-corrected chi connectivity index (χ4v) is 3.15. The summed E-state index contributed by atoms with van der Waals surface area (Å²) in [7, 11) is 0. The third-order valence-electron chi connectivity index (χ3n) is 4.23. The second-order valence-corrected chi connectivity index (χ2v) is 4.90. The summed E-state index contributed by atoms with van der Waals surface area (Å²) in [6, 6.07) is 0.400. The highest BCUT2D eigenvalue weighted by Gasteiger charge is 2.38. The van der Waals surface area contributed by atoms with Crippen molar-refractivity contribution in [2.45, 2.75) is 71.9 Å². The summed E-state index contributed by atoms with van der Waals surface area (Å²) in [4.78, 5) is 2.58. The van der Waals surface area contributed by atoms with Gasteiger partial charge in [-0.15, -0.1) is 12.3 Å². The van der Waals surface area contributed by atoms with Crippen molar-refractivity contribution >= 4 is 0 Å². The first-order valence-corrected chi connectivity index (χ1v) is 7.58. The normalized spacial score (nSPS) is 13.6. The molecule has 18 heavy (non-hydrogen) atoms. The molecule has 0 aliphatic carbocycles. The molecule has 0 spiro atoms. The number of terminal acetylenes is 1. The molecule has 0 bridgehead atoms. The SMILES string of the molecule is C#CCC(NCCC)C(CC)(CC)N(CC)CC. The summed E-state index contributed by atoms with van der Waals surface area (Å²) < 4.78 is 0. The first kappa shape index (κ1) is 17.5. The second kappa shape index (κ2) is 9.42. The summed E-state index contributed by atoms with van der Waals surface area (Å²) in [5, 5.41) is 3.68. The lowest BCUT2D eigenvalue weighted by atomic mass is 9.80. The van der Waals surface area contributed by atoms with Gasteiger partial charge in [0.2, 0.25) is 0 Å². The van der Waals surface area contributed by atoms with Gasteiger partial charge in [0.05, 0.1) is 0 Å². The van der Waals surface area contributed by atoms with Crippen molar-refractivity contribution < 1.29 is 0 Å². The molecule has 1 N–H and O–H groups in total. The van der Waals surface area contributed by atoms with E-state index in [1.807, 2.05) is 0 Å². The van der Waals surface area contributed by atoms with Crippen LogP contribution in [0.2, 0.25) is 0 Å². The average Bonchev–Trinajstić information content (AvgIpc) is 2.41. The van der Waals surface area contributed by atoms with Crippen molar-refractivity contribution in [1.82, 2.24) is 10.2 Å². The molecular weight excluding hydrogens is 220 g/mol. The molecule has 2 nitrogen and oxygen atoms in total. The summed E-state index contributed by atoms with van der Waals surface area (Å²) >= 11 is 0. The molecule has 0 amide bonds. The zero-order chi connectivity index (χ0) is 14.0. The fraction of sp³-hybridized carbons (Fsp3) is 0.875. The van der Waals surface area contributed by atoms with Crippen LogP contribution in [0.4, 0.5) is 0 Å². The van der Waals surface area contributed by atoms with Crippen LogP contribution in [0, 0.1) is 12.3 Å². The predicted octanol–water partition coefficient (Wildman–Crippen LogP) is 3.28. The van der Waals surface area contributed by atoms with E-state index in [4.69, 9.17) is 6.42 Å². The molecule has 0 saturated heterocycles. The quantitative estimate of drug-likeness (QED) is 0.600. The summed E-state index contributed by atoms with van der Waals surface area (Å²) in [6.45, 7) is 14.5. The Hall–Kier alpha value is -0.520. The Kier molecular flexibility index (Phi) is 9.14. The molecule has 106 valence electrons. The van der Waals surface area contributed by atoms with Gasteiger partial charge >= 0.3 is 0 Å². The van der Waals surface area contributed by atoms with E-state index in [-0.39, 0.29) is 5.54 Å². The average molecular weight is 252 g/mol. The number of rotatable bonds is 10. The Morgan fingerprint density at radius 3 is 2.00 bits per heavy atom. The lowest BCUT2D eigenvalue weighted by Gasteiger charge is -2.48. The lowest BCUT2D eigenvalue weighted by molar-refractivity contribution is 0.0509. The van der Waals surface area contributed by atoms with Crippen LogP contribution in [0.5, 0.6) is 0 Å². The van der Waals surface area contributed by atoms with Gasteiger partial charge in [0.1, 0.15) is 0 Å². The molecule has 0 aromatic rings. The van der Waals surface area contributed by atoms with Crippen LogP contribution in [0.15, 0.2) is 0 Å². The fourth-order valence-electron chi connectivity index (χ4n) is 3.15. The third-order valence-corrected chi connectivity index (χ3v) is 4.23. The van der Waals surface area contributed by atoms with Gasteiger partial charge in [-0.2, -0.15) is 0 Å². The molecule has 0 radical (unpaired) electrons.